The molecule has 1 aromatic heterocycles. The summed E-state index contributed by atoms with van der Waals surface area (Å²) in [5.74, 6) is 2.08. The van der Waals surface area contributed by atoms with Crippen molar-refractivity contribution in [2.24, 2.45) is 17.3 Å². The molecule has 1 fully saturated rings. The predicted octanol–water partition coefficient (Wildman–Crippen LogP) is 2.27. The van der Waals surface area contributed by atoms with Crippen LogP contribution in [0.4, 0.5) is 5.82 Å². The molecule has 3 aliphatic rings. The zero-order valence-corrected chi connectivity index (χ0v) is 13.7. The molecule has 2 unspecified atom stereocenters. The number of aryl methyl sites for hydroxylation is 1. The van der Waals surface area contributed by atoms with Crippen molar-refractivity contribution in [1.82, 2.24) is 15.1 Å². The first-order chi connectivity index (χ1) is 10.4. The van der Waals surface area contributed by atoms with Crippen LogP contribution in [0.2, 0.25) is 0 Å². The highest BCUT2D eigenvalue weighted by molar-refractivity contribution is 5.76. The van der Waals surface area contributed by atoms with Gasteiger partial charge in [-0.2, -0.15) is 5.10 Å². The van der Waals surface area contributed by atoms with Gasteiger partial charge in [0.05, 0.1) is 5.69 Å². The maximum absolute atomic E-state index is 12.0. The average molecular weight is 302 g/mol. The Bertz CT molecular complexity index is 614. The van der Waals surface area contributed by atoms with Gasteiger partial charge in [-0.05, 0) is 43.4 Å². The number of allylic oxidation sites excluding steroid dienone is 1. The molecule has 1 heterocycles. The number of nitrogen functional groups attached to an aromatic ring is 1. The lowest BCUT2D eigenvalue weighted by atomic mass is 9.48. The van der Waals surface area contributed by atoms with Gasteiger partial charge in [0.15, 0.2) is 0 Å². The van der Waals surface area contributed by atoms with Gasteiger partial charge < -0.3 is 11.1 Å². The van der Waals surface area contributed by atoms with Crippen LogP contribution in [-0.2, 0) is 11.3 Å². The fourth-order valence-electron chi connectivity index (χ4n) is 3.99. The van der Waals surface area contributed by atoms with Gasteiger partial charge in [0.25, 0.3) is 0 Å². The van der Waals surface area contributed by atoms with E-state index in [1.165, 1.54) is 18.4 Å². The van der Waals surface area contributed by atoms with E-state index in [1.54, 1.807) is 10.7 Å². The highest BCUT2D eigenvalue weighted by atomic mass is 16.2. The standard InChI is InChI=1S/C17H26N4O/c1-11-8-15(18)21(20-11)10-16(22)19-7-6-12-4-5-13-9-14(12)17(13,2)3/h4,8,13-14H,5-7,9-10,18H2,1-3H3,(H,19,22). The molecule has 5 nitrogen and oxygen atoms in total. The molecule has 1 amide bonds. The first kappa shape index (κ1) is 15.1. The van der Waals surface area contributed by atoms with Crippen LogP contribution >= 0.6 is 0 Å². The van der Waals surface area contributed by atoms with Crippen LogP contribution in [0.25, 0.3) is 0 Å². The van der Waals surface area contributed by atoms with Gasteiger partial charge in [-0.1, -0.05) is 25.5 Å². The van der Waals surface area contributed by atoms with Gasteiger partial charge in [0, 0.05) is 12.6 Å². The van der Waals surface area contributed by atoms with E-state index in [1.807, 2.05) is 6.92 Å². The lowest BCUT2D eigenvalue weighted by Gasteiger charge is -2.56. The molecule has 2 bridgehead atoms. The summed E-state index contributed by atoms with van der Waals surface area (Å²) < 4.78 is 1.55. The highest BCUT2D eigenvalue weighted by Crippen LogP contribution is 2.59. The van der Waals surface area contributed by atoms with Crippen molar-refractivity contribution in [3.63, 3.8) is 0 Å². The Hall–Kier alpha value is -1.78. The van der Waals surface area contributed by atoms with E-state index in [2.05, 4.69) is 30.3 Å². The molecule has 2 atom stereocenters. The van der Waals surface area contributed by atoms with Crippen molar-refractivity contribution in [2.45, 2.75) is 46.6 Å². The minimum absolute atomic E-state index is 0.0306. The Morgan fingerprint density at radius 3 is 2.91 bits per heavy atom. The molecule has 22 heavy (non-hydrogen) atoms. The Balaban J connectivity index is 1.46. The van der Waals surface area contributed by atoms with Crippen LogP contribution in [0.1, 0.15) is 38.8 Å². The van der Waals surface area contributed by atoms with Gasteiger partial charge in [0.2, 0.25) is 5.91 Å². The smallest absolute Gasteiger partial charge is 0.241 e. The van der Waals surface area contributed by atoms with Crippen LogP contribution in [0.5, 0.6) is 0 Å². The van der Waals surface area contributed by atoms with Gasteiger partial charge >= 0.3 is 0 Å². The number of amides is 1. The second-order valence-corrected chi connectivity index (χ2v) is 7.29. The second-order valence-electron chi connectivity index (χ2n) is 7.29. The summed E-state index contributed by atoms with van der Waals surface area (Å²) >= 11 is 0. The lowest BCUT2D eigenvalue weighted by molar-refractivity contribution is -0.121. The van der Waals surface area contributed by atoms with Crippen molar-refractivity contribution in [3.8, 4) is 0 Å². The summed E-state index contributed by atoms with van der Waals surface area (Å²) in [6, 6.07) is 1.77. The molecule has 0 aromatic carbocycles. The third-order valence-electron chi connectivity index (χ3n) is 5.55. The molecule has 1 aromatic rings. The normalized spacial score (nSPS) is 25.3. The van der Waals surface area contributed by atoms with Crippen LogP contribution in [-0.4, -0.2) is 22.2 Å². The van der Waals surface area contributed by atoms with E-state index in [0.29, 0.717) is 23.7 Å². The molecule has 0 saturated heterocycles. The van der Waals surface area contributed by atoms with Crippen LogP contribution in [0.3, 0.4) is 0 Å². The molecular weight excluding hydrogens is 276 g/mol. The molecule has 5 heteroatoms. The van der Waals surface area contributed by atoms with Crippen LogP contribution in [0, 0.1) is 24.2 Å². The summed E-state index contributed by atoms with van der Waals surface area (Å²) in [5.41, 5.74) is 8.62. The monoisotopic (exact) mass is 302 g/mol. The molecule has 1 saturated carbocycles. The zero-order chi connectivity index (χ0) is 15.9. The quantitative estimate of drug-likeness (QED) is 0.820. The number of hydrogen-bond acceptors (Lipinski definition) is 3. The molecule has 3 aliphatic carbocycles. The predicted molar refractivity (Wildman–Crippen MR) is 87.1 cm³/mol. The number of aromatic nitrogens is 2. The maximum Gasteiger partial charge on any atom is 0.241 e. The molecule has 0 radical (unpaired) electrons. The van der Waals surface area contributed by atoms with Crippen molar-refractivity contribution in [1.29, 1.82) is 0 Å². The molecule has 0 spiro atoms. The molecular formula is C17H26N4O. The van der Waals surface area contributed by atoms with Crippen LogP contribution < -0.4 is 11.1 Å². The van der Waals surface area contributed by atoms with E-state index in [-0.39, 0.29) is 12.5 Å². The van der Waals surface area contributed by atoms with Crippen LogP contribution in [0.15, 0.2) is 17.7 Å². The maximum atomic E-state index is 12.0. The number of nitrogens with zero attached hydrogens (tertiary/aromatic N) is 2. The first-order valence-electron chi connectivity index (χ1n) is 8.13. The van der Waals surface area contributed by atoms with Gasteiger partial charge in [-0.25, -0.2) is 4.68 Å². The Kier molecular flexibility index (Phi) is 3.75. The summed E-state index contributed by atoms with van der Waals surface area (Å²) in [4.78, 5) is 12.0. The molecule has 4 rings (SSSR count). The zero-order valence-electron chi connectivity index (χ0n) is 13.7. The number of fused-ring (bicyclic) bond motifs is 1. The number of carbonyl (C=O) groups is 1. The SMILES string of the molecule is Cc1cc(N)n(CC(=O)NCCC2=CCC3CC2C3(C)C)n1. The second kappa shape index (κ2) is 5.45. The minimum atomic E-state index is -0.0306. The molecule has 120 valence electrons. The number of nitrogens with one attached hydrogen (secondary N) is 1. The summed E-state index contributed by atoms with van der Waals surface area (Å²) in [5, 5.41) is 7.19. The Labute approximate surface area is 131 Å². The third kappa shape index (κ3) is 2.64. The van der Waals surface area contributed by atoms with Gasteiger partial charge in [-0.15, -0.1) is 0 Å². The number of nitrogens with two attached hydrogens (primary N) is 1. The van der Waals surface area contributed by atoms with E-state index in [9.17, 15) is 4.79 Å². The summed E-state index contributed by atoms with van der Waals surface area (Å²) in [7, 11) is 0. The highest BCUT2D eigenvalue weighted by Gasteiger charge is 2.50. The van der Waals surface area contributed by atoms with Gasteiger partial charge in [0.1, 0.15) is 12.4 Å². The van der Waals surface area contributed by atoms with E-state index >= 15 is 0 Å². The van der Waals surface area contributed by atoms with E-state index < -0.39 is 0 Å². The Morgan fingerprint density at radius 2 is 2.32 bits per heavy atom. The minimum Gasteiger partial charge on any atom is -0.384 e. The van der Waals surface area contributed by atoms with E-state index in [0.717, 1.165) is 18.0 Å². The number of anilines is 1. The fraction of sp³-hybridized carbons (Fsp3) is 0.647. The third-order valence-corrected chi connectivity index (χ3v) is 5.55. The Morgan fingerprint density at radius 1 is 1.55 bits per heavy atom. The number of carbonyl (C=O) groups excluding carboxylic acids is 1. The first-order valence-corrected chi connectivity index (χ1v) is 8.13. The van der Waals surface area contributed by atoms with Crippen molar-refractivity contribution in [2.75, 3.05) is 12.3 Å². The van der Waals surface area contributed by atoms with Crippen molar-refractivity contribution < 1.29 is 4.79 Å². The molecule has 3 N–H and O–H groups in total. The number of hydrogen-bond donors (Lipinski definition) is 2. The summed E-state index contributed by atoms with van der Waals surface area (Å²) in [6.45, 7) is 7.51. The number of rotatable bonds is 5. The van der Waals surface area contributed by atoms with Crippen molar-refractivity contribution >= 4 is 11.7 Å². The van der Waals surface area contributed by atoms with Crippen molar-refractivity contribution in [3.05, 3.63) is 23.4 Å². The van der Waals surface area contributed by atoms with Gasteiger partial charge in [-0.3, -0.25) is 4.79 Å². The molecule has 0 aliphatic heterocycles. The average Bonchev–Trinajstić information content (AvgIpc) is 2.76. The summed E-state index contributed by atoms with van der Waals surface area (Å²) in [6.07, 6.45) is 5.89. The topological polar surface area (TPSA) is 72.9 Å². The van der Waals surface area contributed by atoms with E-state index in [4.69, 9.17) is 5.73 Å². The largest absolute Gasteiger partial charge is 0.384 e. The fourth-order valence-corrected chi connectivity index (χ4v) is 3.99. The lowest BCUT2D eigenvalue weighted by Crippen LogP contribution is -2.48.